The number of carbonyl (C=O) groups is 1. The van der Waals surface area contributed by atoms with E-state index in [1.807, 2.05) is 4.90 Å². The van der Waals surface area contributed by atoms with E-state index < -0.39 is 11.5 Å². The van der Waals surface area contributed by atoms with Crippen molar-refractivity contribution in [2.24, 2.45) is 5.73 Å². The van der Waals surface area contributed by atoms with Gasteiger partial charge in [-0.2, -0.15) is 0 Å². The number of ether oxygens (including phenoxy) is 1. The summed E-state index contributed by atoms with van der Waals surface area (Å²) in [5, 5.41) is 10.1. The molecule has 1 aromatic carbocycles. The lowest BCUT2D eigenvalue weighted by atomic mass is 10.0. The van der Waals surface area contributed by atoms with Gasteiger partial charge in [-0.15, -0.1) is 0 Å². The number of rotatable bonds is 5. The summed E-state index contributed by atoms with van der Waals surface area (Å²) in [7, 11) is 0. The van der Waals surface area contributed by atoms with E-state index in [2.05, 4.69) is 0 Å². The van der Waals surface area contributed by atoms with Gasteiger partial charge in [0.2, 0.25) is 0 Å². The number of likely N-dealkylation sites (tertiary alicyclic amines) is 1. The molecule has 0 radical (unpaired) electrons. The molecule has 0 bridgehead atoms. The van der Waals surface area contributed by atoms with Crippen LogP contribution in [0.15, 0.2) is 18.2 Å². The van der Waals surface area contributed by atoms with E-state index in [0.717, 1.165) is 0 Å². The van der Waals surface area contributed by atoms with Crippen LogP contribution >= 0.6 is 23.2 Å². The number of carboxylic acid groups (broad SMARTS) is 1. The summed E-state index contributed by atoms with van der Waals surface area (Å²) >= 11 is 11.8. The Balaban J connectivity index is 1.81. The molecule has 1 aliphatic heterocycles. The molecule has 1 aromatic rings. The number of nitrogens with zero attached hydrogens (tertiary/aromatic N) is 1. The number of nitrogens with two attached hydrogens (primary N) is 1. The molecule has 2 rings (SSSR count). The molecule has 0 spiro atoms. The zero-order valence-corrected chi connectivity index (χ0v) is 12.3. The van der Waals surface area contributed by atoms with Gasteiger partial charge in [0, 0.05) is 24.7 Å². The van der Waals surface area contributed by atoms with Crippen LogP contribution in [0.1, 0.15) is 6.42 Å². The normalized spacial score (nSPS) is 22.9. The summed E-state index contributed by atoms with van der Waals surface area (Å²) in [5.74, 6) is -0.394. The minimum absolute atomic E-state index is 0.333. The molecule has 1 fully saturated rings. The minimum atomic E-state index is -1.14. The van der Waals surface area contributed by atoms with E-state index >= 15 is 0 Å². The van der Waals surface area contributed by atoms with Crippen LogP contribution in [0.4, 0.5) is 0 Å². The molecule has 110 valence electrons. The second kappa shape index (κ2) is 6.18. The van der Waals surface area contributed by atoms with Crippen LogP contribution in [0.2, 0.25) is 10.0 Å². The van der Waals surface area contributed by atoms with Gasteiger partial charge in [-0.25, -0.2) is 0 Å². The van der Waals surface area contributed by atoms with Gasteiger partial charge < -0.3 is 15.6 Å². The topological polar surface area (TPSA) is 75.8 Å². The Morgan fingerprint density at radius 1 is 1.50 bits per heavy atom. The molecule has 0 aliphatic carbocycles. The first kappa shape index (κ1) is 15.4. The average molecular weight is 319 g/mol. The lowest BCUT2D eigenvalue weighted by Gasteiger charge is -2.20. The van der Waals surface area contributed by atoms with Crippen LogP contribution in [0.25, 0.3) is 0 Å². The molecule has 20 heavy (non-hydrogen) atoms. The van der Waals surface area contributed by atoms with E-state index in [-0.39, 0.29) is 0 Å². The zero-order valence-electron chi connectivity index (χ0n) is 10.8. The fourth-order valence-corrected chi connectivity index (χ4v) is 2.62. The van der Waals surface area contributed by atoms with Gasteiger partial charge in [-0.1, -0.05) is 23.2 Å². The zero-order chi connectivity index (χ0) is 14.8. The first-order chi connectivity index (χ1) is 9.40. The van der Waals surface area contributed by atoms with Crippen molar-refractivity contribution in [2.75, 3.05) is 26.2 Å². The Hall–Kier alpha value is -1.01. The second-order valence-electron chi connectivity index (χ2n) is 4.91. The summed E-state index contributed by atoms with van der Waals surface area (Å²) in [6.07, 6.45) is 0.448. The third kappa shape index (κ3) is 3.55. The van der Waals surface area contributed by atoms with Crippen molar-refractivity contribution < 1.29 is 14.6 Å². The van der Waals surface area contributed by atoms with Gasteiger partial charge in [-0.05, 0) is 24.6 Å². The van der Waals surface area contributed by atoms with Crippen LogP contribution in [-0.4, -0.2) is 47.8 Å². The van der Waals surface area contributed by atoms with E-state index in [1.165, 1.54) is 0 Å². The second-order valence-corrected chi connectivity index (χ2v) is 5.75. The van der Waals surface area contributed by atoms with Crippen LogP contribution in [0.3, 0.4) is 0 Å². The van der Waals surface area contributed by atoms with Crippen molar-refractivity contribution in [3.8, 4) is 5.75 Å². The van der Waals surface area contributed by atoms with E-state index in [4.69, 9.17) is 38.8 Å². The van der Waals surface area contributed by atoms with Crippen LogP contribution in [-0.2, 0) is 4.79 Å². The molecule has 1 aliphatic rings. The molecule has 7 heteroatoms. The van der Waals surface area contributed by atoms with Gasteiger partial charge in [0.15, 0.2) is 0 Å². The fourth-order valence-electron chi connectivity index (χ4n) is 2.16. The highest BCUT2D eigenvalue weighted by Crippen LogP contribution is 2.27. The van der Waals surface area contributed by atoms with Gasteiger partial charge in [-0.3, -0.25) is 9.69 Å². The maximum atomic E-state index is 11.0. The van der Waals surface area contributed by atoms with Crippen molar-refractivity contribution >= 4 is 29.2 Å². The molecule has 0 aromatic heterocycles. The SMILES string of the molecule is NC1(C(=O)O)CCN(CCOc2ccc(Cl)cc2Cl)C1. The number of hydrogen-bond acceptors (Lipinski definition) is 4. The summed E-state index contributed by atoms with van der Waals surface area (Å²) in [6, 6.07) is 5.02. The van der Waals surface area contributed by atoms with Crippen molar-refractivity contribution in [2.45, 2.75) is 12.0 Å². The number of hydrogen-bond donors (Lipinski definition) is 2. The smallest absolute Gasteiger partial charge is 0.325 e. The van der Waals surface area contributed by atoms with Gasteiger partial charge in [0.1, 0.15) is 17.9 Å². The van der Waals surface area contributed by atoms with Gasteiger partial charge >= 0.3 is 5.97 Å². The highest BCUT2D eigenvalue weighted by atomic mass is 35.5. The van der Waals surface area contributed by atoms with Crippen molar-refractivity contribution in [1.82, 2.24) is 4.90 Å². The average Bonchev–Trinajstić information content (AvgIpc) is 2.75. The third-order valence-corrected chi connectivity index (χ3v) is 3.90. The standard InChI is InChI=1S/C13H16Cl2N2O3/c14-9-1-2-11(10(15)7-9)20-6-5-17-4-3-13(16,8-17)12(18)19/h1-2,7H,3-6,8,16H2,(H,18,19). The Morgan fingerprint density at radius 2 is 2.25 bits per heavy atom. The molecular formula is C13H16Cl2N2O3. The summed E-state index contributed by atoms with van der Waals surface area (Å²) in [6.45, 7) is 2.00. The quantitative estimate of drug-likeness (QED) is 0.866. The predicted octanol–water partition coefficient (Wildman–Crippen LogP) is 1.86. The lowest BCUT2D eigenvalue weighted by molar-refractivity contribution is -0.142. The summed E-state index contributed by atoms with van der Waals surface area (Å²) in [4.78, 5) is 13.0. The van der Waals surface area contributed by atoms with Crippen LogP contribution < -0.4 is 10.5 Å². The van der Waals surface area contributed by atoms with Crippen molar-refractivity contribution in [1.29, 1.82) is 0 Å². The Kier molecular flexibility index (Phi) is 4.75. The van der Waals surface area contributed by atoms with Crippen molar-refractivity contribution in [3.05, 3.63) is 28.2 Å². The fraction of sp³-hybridized carbons (Fsp3) is 0.462. The van der Waals surface area contributed by atoms with Gasteiger partial charge in [0.25, 0.3) is 0 Å². The Morgan fingerprint density at radius 3 is 2.85 bits per heavy atom. The third-order valence-electron chi connectivity index (χ3n) is 3.36. The highest BCUT2D eigenvalue weighted by Gasteiger charge is 2.40. The Bertz CT molecular complexity index is 512. The van der Waals surface area contributed by atoms with E-state index in [9.17, 15) is 4.79 Å². The largest absolute Gasteiger partial charge is 0.491 e. The number of benzene rings is 1. The van der Waals surface area contributed by atoms with E-state index in [0.29, 0.717) is 48.5 Å². The predicted molar refractivity (Wildman–Crippen MR) is 77.6 cm³/mol. The number of aliphatic carboxylic acids is 1. The van der Waals surface area contributed by atoms with Crippen molar-refractivity contribution in [3.63, 3.8) is 0 Å². The molecule has 1 unspecified atom stereocenters. The maximum Gasteiger partial charge on any atom is 0.325 e. The molecule has 1 atom stereocenters. The first-order valence-electron chi connectivity index (χ1n) is 6.23. The summed E-state index contributed by atoms with van der Waals surface area (Å²) < 4.78 is 5.56. The number of carboxylic acids is 1. The minimum Gasteiger partial charge on any atom is -0.491 e. The van der Waals surface area contributed by atoms with Gasteiger partial charge in [0.05, 0.1) is 5.02 Å². The monoisotopic (exact) mass is 318 g/mol. The molecule has 1 heterocycles. The molecule has 1 saturated heterocycles. The molecule has 0 amide bonds. The number of halogens is 2. The first-order valence-corrected chi connectivity index (χ1v) is 6.99. The molecule has 5 nitrogen and oxygen atoms in total. The molecular weight excluding hydrogens is 303 g/mol. The molecule has 0 saturated carbocycles. The highest BCUT2D eigenvalue weighted by molar-refractivity contribution is 6.35. The van der Waals surface area contributed by atoms with Crippen LogP contribution in [0, 0.1) is 0 Å². The Labute approximate surface area is 127 Å². The maximum absolute atomic E-state index is 11.0. The molecule has 3 N–H and O–H groups in total. The van der Waals surface area contributed by atoms with E-state index in [1.54, 1.807) is 18.2 Å². The lowest BCUT2D eigenvalue weighted by Crippen LogP contribution is -2.50. The summed E-state index contributed by atoms with van der Waals surface area (Å²) in [5.41, 5.74) is 4.66. The van der Waals surface area contributed by atoms with Crippen LogP contribution in [0.5, 0.6) is 5.75 Å².